The molecule has 1 saturated heterocycles. The molecule has 0 radical (unpaired) electrons. The summed E-state index contributed by atoms with van der Waals surface area (Å²) in [5.41, 5.74) is 0.895. The van der Waals surface area contributed by atoms with Crippen LogP contribution in [0.25, 0.3) is 0 Å². The lowest BCUT2D eigenvalue weighted by Crippen LogP contribution is -2.53. The Balaban J connectivity index is 1.95. The van der Waals surface area contributed by atoms with Crippen LogP contribution in [0.1, 0.15) is 5.56 Å². The zero-order valence-corrected chi connectivity index (χ0v) is 11.9. The molecule has 0 aliphatic carbocycles. The maximum absolute atomic E-state index is 12.1. The average Bonchev–Trinajstić information content (AvgIpc) is 2.48. The SMILES string of the molecule is O=C(N[C@H](Cc1ccccc1)C(=O)O)C1CSCCN1. The highest BCUT2D eigenvalue weighted by Crippen LogP contribution is 2.09. The molecule has 5 nitrogen and oxygen atoms in total. The van der Waals surface area contributed by atoms with Gasteiger partial charge in [-0.1, -0.05) is 30.3 Å². The van der Waals surface area contributed by atoms with Gasteiger partial charge in [0.1, 0.15) is 6.04 Å². The van der Waals surface area contributed by atoms with Crippen molar-refractivity contribution in [1.82, 2.24) is 10.6 Å². The number of rotatable bonds is 5. The van der Waals surface area contributed by atoms with Crippen molar-refractivity contribution in [3.63, 3.8) is 0 Å². The molecule has 1 aromatic carbocycles. The number of amides is 1. The molecule has 1 unspecified atom stereocenters. The molecule has 20 heavy (non-hydrogen) atoms. The zero-order valence-electron chi connectivity index (χ0n) is 11.0. The van der Waals surface area contributed by atoms with Gasteiger partial charge < -0.3 is 15.7 Å². The second-order valence-corrected chi connectivity index (χ2v) is 5.82. The van der Waals surface area contributed by atoms with Gasteiger partial charge in [0.05, 0.1) is 6.04 Å². The zero-order chi connectivity index (χ0) is 14.4. The van der Waals surface area contributed by atoms with Crippen LogP contribution in [0, 0.1) is 0 Å². The smallest absolute Gasteiger partial charge is 0.326 e. The second kappa shape index (κ2) is 7.31. The van der Waals surface area contributed by atoms with Crippen LogP contribution in [0.15, 0.2) is 30.3 Å². The van der Waals surface area contributed by atoms with E-state index in [0.29, 0.717) is 12.2 Å². The minimum Gasteiger partial charge on any atom is -0.480 e. The van der Waals surface area contributed by atoms with E-state index >= 15 is 0 Å². The molecule has 1 aliphatic rings. The van der Waals surface area contributed by atoms with E-state index < -0.39 is 12.0 Å². The third-order valence-electron chi connectivity index (χ3n) is 3.14. The van der Waals surface area contributed by atoms with Gasteiger partial charge in [0.25, 0.3) is 0 Å². The molecule has 1 heterocycles. The van der Waals surface area contributed by atoms with E-state index in [-0.39, 0.29) is 11.9 Å². The first-order valence-corrected chi connectivity index (χ1v) is 7.70. The van der Waals surface area contributed by atoms with Gasteiger partial charge in [-0.25, -0.2) is 4.79 Å². The molecule has 0 saturated carbocycles. The highest BCUT2D eigenvalue weighted by molar-refractivity contribution is 7.99. The van der Waals surface area contributed by atoms with Crippen LogP contribution in [0.3, 0.4) is 0 Å². The van der Waals surface area contributed by atoms with Crippen molar-refractivity contribution in [2.75, 3.05) is 18.1 Å². The number of hydrogen-bond acceptors (Lipinski definition) is 4. The Bertz CT molecular complexity index is 461. The van der Waals surface area contributed by atoms with E-state index in [0.717, 1.165) is 17.9 Å². The summed E-state index contributed by atoms with van der Waals surface area (Å²) in [6.45, 7) is 0.777. The molecule has 1 aliphatic heterocycles. The molecule has 1 amide bonds. The number of carboxylic acids is 1. The first-order chi connectivity index (χ1) is 9.66. The van der Waals surface area contributed by atoms with Crippen molar-refractivity contribution in [3.8, 4) is 0 Å². The summed E-state index contributed by atoms with van der Waals surface area (Å²) in [7, 11) is 0. The van der Waals surface area contributed by atoms with Crippen LogP contribution in [0.4, 0.5) is 0 Å². The molecule has 108 valence electrons. The number of aliphatic carboxylic acids is 1. The Morgan fingerprint density at radius 1 is 1.40 bits per heavy atom. The van der Waals surface area contributed by atoms with Crippen LogP contribution in [-0.2, 0) is 16.0 Å². The average molecular weight is 294 g/mol. The van der Waals surface area contributed by atoms with Gasteiger partial charge in [-0.2, -0.15) is 11.8 Å². The molecule has 0 bridgehead atoms. The van der Waals surface area contributed by atoms with E-state index in [4.69, 9.17) is 0 Å². The lowest BCUT2D eigenvalue weighted by atomic mass is 10.1. The maximum atomic E-state index is 12.1. The summed E-state index contributed by atoms with van der Waals surface area (Å²) >= 11 is 1.70. The molecule has 0 spiro atoms. The summed E-state index contributed by atoms with van der Waals surface area (Å²) in [4.78, 5) is 23.3. The molecule has 0 aromatic heterocycles. The Hall–Kier alpha value is -1.53. The number of hydrogen-bond donors (Lipinski definition) is 3. The first-order valence-electron chi connectivity index (χ1n) is 6.55. The van der Waals surface area contributed by atoms with E-state index in [1.54, 1.807) is 11.8 Å². The highest BCUT2D eigenvalue weighted by atomic mass is 32.2. The summed E-state index contributed by atoms with van der Waals surface area (Å²) in [6, 6.07) is 8.12. The number of carbonyl (C=O) groups is 2. The van der Waals surface area contributed by atoms with Gasteiger partial charge in [0, 0.05) is 24.5 Å². The molecule has 3 N–H and O–H groups in total. The van der Waals surface area contributed by atoms with Crippen molar-refractivity contribution in [1.29, 1.82) is 0 Å². The minimum atomic E-state index is -1.01. The fourth-order valence-corrected chi connectivity index (χ4v) is 2.99. The van der Waals surface area contributed by atoms with Crippen molar-refractivity contribution < 1.29 is 14.7 Å². The quantitative estimate of drug-likeness (QED) is 0.737. The van der Waals surface area contributed by atoms with Crippen molar-refractivity contribution in [2.45, 2.75) is 18.5 Å². The number of carboxylic acid groups (broad SMARTS) is 1. The molecule has 6 heteroatoms. The van der Waals surface area contributed by atoms with Gasteiger partial charge >= 0.3 is 5.97 Å². The summed E-state index contributed by atoms with van der Waals surface area (Å²) in [6.07, 6.45) is 0.293. The van der Waals surface area contributed by atoms with E-state index in [1.165, 1.54) is 0 Å². The summed E-state index contributed by atoms with van der Waals surface area (Å²) in [5, 5.41) is 15.0. The normalized spacial score (nSPS) is 20.1. The predicted octanol–water partition coefficient (Wildman–Crippen LogP) is 0.504. The lowest BCUT2D eigenvalue weighted by molar-refractivity contribution is -0.142. The van der Waals surface area contributed by atoms with E-state index in [1.807, 2.05) is 30.3 Å². The van der Waals surface area contributed by atoms with Crippen LogP contribution in [0.2, 0.25) is 0 Å². The molecular weight excluding hydrogens is 276 g/mol. The predicted molar refractivity (Wildman–Crippen MR) is 78.8 cm³/mol. The van der Waals surface area contributed by atoms with Crippen LogP contribution >= 0.6 is 11.8 Å². The Labute approximate surface area is 122 Å². The molecule has 1 fully saturated rings. The highest BCUT2D eigenvalue weighted by Gasteiger charge is 2.26. The van der Waals surface area contributed by atoms with E-state index in [9.17, 15) is 14.7 Å². The Morgan fingerprint density at radius 2 is 2.15 bits per heavy atom. The monoisotopic (exact) mass is 294 g/mol. The topological polar surface area (TPSA) is 78.4 Å². The largest absolute Gasteiger partial charge is 0.480 e. The number of nitrogens with one attached hydrogen (secondary N) is 2. The molecule has 1 aromatic rings. The van der Waals surface area contributed by atoms with Gasteiger partial charge in [-0.05, 0) is 5.56 Å². The Kier molecular flexibility index (Phi) is 5.43. The molecule has 2 rings (SSSR count). The lowest BCUT2D eigenvalue weighted by Gasteiger charge is -2.24. The van der Waals surface area contributed by atoms with Crippen molar-refractivity contribution >= 4 is 23.6 Å². The van der Waals surface area contributed by atoms with Crippen molar-refractivity contribution in [2.24, 2.45) is 0 Å². The summed E-state index contributed by atoms with van der Waals surface area (Å²) < 4.78 is 0. The summed E-state index contributed by atoms with van der Waals surface area (Å²) in [5.74, 6) is 0.422. The van der Waals surface area contributed by atoms with E-state index in [2.05, 4.69) is 10.6 Å². The number of carbonyl (C=O) groups excluding carboxylic acids is 1. The van der Waals surface area contributed by atoms with Crippen LogP contribution < -0.4 is 10.6 Å². The molecule has 2 atom stereocenters. The van der Waals surface area contributed by atoms with Gasteiger partial charge in [-0.3, -0.25) is 4.79 Å². The number of thioether (sulfide) groups is 1. The van der Waals surface area contributed by atoms with Crippen LogP contribution in [-0.4, -0.2) is 47.1 Å². The first kappa shape index (κ1) is 14.9. The number of benzene rings is 1. The fraction of sp³-hybridized carbons (Fsp3) is 0.429. The second-order valence-electron chi connectivity index (χ2n) is 4.67. The van der Waals surface area contributed by atoms with Crippen LogP contribution in [0.5, 0.6) is 0 Å². The standard InChI is InChI=1S/C14H18N2O3S/c17-13(12-9-20-7-6-15-12)16-11(14(18)19)8-10-4-2-1-3-5-10/h1-5,11-12,15H,6-9H2,(H,16,17)(H,18,19)/t11-,12?/m1/s1. The van der Waals surface area contributed by atoms with Gasteiger partial charge in [-0.15, -0.1) is 0 Å². The maximum Gasteiger partial charge on any atom is 0.326 e. The third-order valence-corrected chi connectivity index (χ3v) is 4.20. The fourth-order valence-electron chi connectivity index (χ4n) is 2.06. The molecular formula is C14H18N2O3S. The van der Waals surface area contributed by atoms with Gasteiger partial charge in [0.2, 0.25) is 5.91 Å². The third kappa shape index (κ3) is 4.25. The van der Waals surface area contributed by atoms with Crippen molar-refractivity contribution in [3.05, 3.63) is 35.9 Å². The minimum absolute atomic E-state index is 0.236. The Morgan fingerprint density at radius 3 is 2.75 bits per heavy atom. The van der Waals surface area contributed by atoms with Gasteiger partial charge in [0.15, 0.2) is 0 Å².